The van der Waals surface area contributed by atoms with E-state index in [-0.39, 0.29) is 56.0 Å². The van der Waals surface area contributed by atoms with Gasteiger partial charge in [0.25, 0.3) is 0 Å². The van der Waals surface area contributed by atoms with Gasteiger partial charge in [0, 0.05) is 55.4 Å². The van der Waals surface area contributed by atoms with Crippen LogP contribution in [0.1, 0.15) is 199 Å². The maximum Gasteiger partial charge on any atom is 0.247 e. The lowest BCUT2D eigenvalue weighted by molar-refractivity contribution is -0.151. The first-order valence-electron chi connectivity index (χ1n) is 35.1. The van der Waals surface area contributed by atoms with Crippen LogP contribution in [-0.2, 0) is 62.3 Å². The summed E-state index contributed by atoms with van der Waals surface area (Å²) in [6.07, 6.45) is 8.77. The smallest absolute Gasteiger partial charge is 0.247 e. The normalized spacial score (nSPS) is 29.5. The van der Waals surface area contributed by atoms with E-state index in [1.165, 1.54) is 77.8 Å². The first-order valence-corrected chi connectivity index (χ1v) is 35.1. The molecule has 2 aliphatic carbocycles. The molecular formula is C69H120N12O14. The fourth-order valence-corrected chi connectivity index (χ4v) is 13.2. The molecule has 4 rings (SSSR count). The van der Waals surface area contributed by atoms with Gasteiger partial charge in [-0.2, -0.15) is 0 Å². The van der Waals surface area contributed by atoms with Gasteiger partial charge in [-0.3, -0.25) is 57.5 Å². The zero-order valence-electron chi connectivity index (χ0n) is 60.7. The minimum Gasteiger partial charge on any atom is -0.393 e. The van der Waals surface area contributed by atoms with Crippen molar-refractivity contribution >= 4 is 70.9 Å². The van der Waals surface area contributed by atoms with Crippen LogP contribution in [0.3, 0.4) is 0 Å². The molecule has 26 nitrogen and oxygen atoms in total. The van der Waals surface area contributed by atoms with Crippen LogP contribution >= 0.6 is 0 Å². The average Bonchev–Trinajstić information content (AvgIpc) is 0.850. The molecule has 12 amide bonds. The van der Waals surface area contributed by atoms with E-state index in [1.807, 2.05) is 34.6 Å². The Bertz CT molecular complexity index is 2630. The molecule has 2 saturated heterocycles. The number of likely N-dealkylation sites (tertiary alicyclic amines) is 1. The van der Waals surface area contributed by atoms with Gasteiger partial charge in [0.1, 0.15) is 60.4 Å². The molecule has 11 atom stereocenters. The van der Waals surface area contributed by atoms with Crippen molar-refractivity contribution < 1.29 is 67.4 Å². The van der Waals surface area contributed by atoms with Crippen LogP contribution < -0.4 is 26.6 Å². The predicted octanol–water partition coefficient (Wildman–Crippen LogP) is 3.34. The topological polar surface area (TPSA) is 317 Å². The quantitative estimate of drug-likeness (QED) is 0.154. The highest BCUT2D eigenvalue weighted by Crippen LogP contribution is 2.31. The molecule has 0 radical (unpaired) electrons. The summed E-state index contributed by atoms with van der Waals surface area (Å²) in [5.41, 5.74) is -0.811. The molecule has 0 bridgehead atoms. The highest BCUT2D eigenvalue weighted by molar-refractivity contribution is 6.00. The highest BCUT2D eigenvalue weighted by Gasteiger charge is 2.43. The van der Waals surface area contributed by atoms with Gasteiger partial charge in [-0.25, -0.2) is 0 Å². The van der Waals surface area contributed by atoms with Crippen LogP contribution in [0, 0.1) is 29.6 Å². The zero-order valence-corrected chi connectivity index (χ0v) is 60.7. The monoisotopic (exact) mass is 1340 g/mol. The van der Waals surface area contributed by atoms with Gasteiger partial charge < -0.3 is 70.7 Å². The Kier molecular flexibility index (Phi) is 31.8. The summed E-state index contributed by atoms with van der Waals surface area (Å²) in [6, 6.07) is -12.5. The van der Waals surface area contributed by atoms with Gasteiger partial charge in [-0.05, 0) is 142 Å². The van der Waals surface area contributed by atoms with Crippen LogP contribution in [0.2, 0.25) is 0 Å². The van der Waals surface area contributed by atoms with Crippen molar-refractivity contribution in [2.24, 2.45) is 29.6 Å². The van der Waals surface area contributed by atoms with Crippen LogP contribution in [-0.4, -0.2) is 251 Å². The lowest BCUT2D eigenvalue weighted by Gasteiger charge is -2.37. The number of hydrogen-bond donors (Lipinski definition) is 6. The number of nitrogens with one attached hydrogen (secondary N) is 5. The Balaban J connectivity index is 1.87. The number of rotatable bonds is 13. The van der Waals surface area contributed by atoms with Crippen molar-refractivity contribution in [2.75, 3.05) is 68.5 Å². The van der Waals surface area contributed by atoms with E-state index < -0.39 is 162 Å². The molecular weight excluding hydrogens is 1220 g/mol. The van der Waals surface area contributed by atoms with E-state index in [2.05, 4.69) is 26.6 Å². The minimum absolute atomic E-state index is 0.0407. The maximum atomic E-state index is 15.2. The molecule has 4 aliphatic rings. The second-order valence-corrected chi connectivity index (χ2v) is 29.7. The molecule has 2 aliphatic heterocycles. The Morgan fingerprint density at radius 2 is 1.04 bits per heavy atom. The van der Waals surface area contributed by atoms with E-state index in [9.17, 15) is 48.3 Å². The first-order chi connectivity index (χ1) is 44.4. The van der Waals surface area contributed by atoms with Gasteiger partial charge >= 0.3 is 0 Å². The van der Waals surface area contributed by atoms with Crippen molar-refractivity contribution in [3.05, 3.63) is 0 Å². The number of ether oxygens (including phenoxy) is 1. The molecule has 26 heteroatoms. The fourth-order valence-electron chi connectivity index (χ4n) is 13.2. The van der Waals surface area contributed by atoms with E-state index in [0.29, 0.717) is 58.0 Å². The standard InChI is InChI=1S/C69H120N12O14/c1-19-43(6)58-68(94)80(18)54(35-42(4)5)61(87)71-50(36-48-28-30-49(82)31-29-48)65(91)75(13)39-57(84)76(14)45(8)59(85)73-52(40-95-69(10,11)12)66(92)77(15)46(9)64(90)79(17)53(34-41(2)3)60(86)72-51(67(93)81-32-24-21-25-33-81)38-56(83)70-44(7)63(89)78(16)55(62(88)74-58)37-47-26-22-20-23-27-47/h41-55,58,82H,19-40H2,1-18H3,(H,70,83)(H,71,87)(H,72,86)(H,73,85)(H,74,88)/t43-,44+,45-,46-,48?,49?,50-,51-,52-,53-,54-,55-,58-/m0/s1. The number of aliphatic hydroxyl groups excluding tert-OH is 1. The third-order valence-corrected chi connectivity index (χ3v) is 19.9. The van der Waals surface area contributed by atoms with Crippen molar-refractivity contribution in [1.29, 1.82) is 0 Å². The van der Waals surface area contributed by atoms with Crippen LogP contribution in [0.25, 0.3) is 0 Å². The van der Waals surface area contributed by atoms with Gasteiger partial charge in [0.05, 0.1) is 31.3 Å². The number of likely N-dealkylation sites (N-methyl/N-ethyl adjacent to an activating group) is 6. The summed E-state index contributed by atoms with van der Waals surface area (Å²) >= 11 is 0. The number of carbonyl (C=O) groups excluding carboxylic acids is 12. The second-order valence-electron chi connectivity index (χ2n) is 29.7. The van der Waals surface area contributed by atoms with Crippen LogP contribution in [0.5, 0.6) is 0 Å². The maximum absolute atomic E-state index is 15.2. The number of nitrogens with zero attached hydrogens (tertiary/aromatic N) is 7. The first kappa shape index (κ1) is 81.0. The van der Waals surface area contributed by atoms with E-state index in [0.717, 1.165) is 53.2 Å². The molecule has 0 aromatic carbocycles. The molecule has 0 unspecified atom stereocenters. The summed E-state index contributed by atoms with van der Waals surface area (Å²) in [5, 5.41) is 24.7. The molecule has 2 heterocycles. The van der Waals surface area contributed by atoms with Gasteiger partial charge in [-0.15, -0.1) is 0 Å². The second kappa shape index (κ2) is 37.3. The SMILES string of the molecule is CC[C@H](C)[C@@H]1NC(=O)[C@H](CC2CCCCC2)N(C)C(=O)[C@@H](C)NC(=O)C[C@@H](C(=O)N2CCCCC2)NC(=O)[C@H](CC(C)C)N(C)C(=O)[C@H](C)N(C)C(=O)[C@H](COC(C)(C)C)NC(=O)[C@H](C)N(C)C(=O)CN(C)C(=O)[C@H](CC2CCC(O)CC2)NC(=O)[C@H](CC(C)C)N(C)C1=O. The lowest BCUT2D eigenvalue weighted by Crippen LogP contribution is -2.61. The summed E-state index contributed by atoms with van der Waals surface area (Å²) in [7, 11) is 8.51. The van der Waals surface area contributed by atoms with E-state index >= 15 is 14.4 Å². The van der Waals surface area contributed by atoms with Crippen molar-refractivity contribution in [1.82, 2.24) is 60.9 Å². The average molecular weight is 1340 g/mol. The summed E-state index contributed by atoms with van der Waals surface area (Å²) in [6.45, 7) is 20.6. The lowest BCUT2D eigenvalue weighted by atomic mass is 9.83. The highest BCUT2D eigenvalue weighted by atomic mass is 16.5. The molecule has 0 aromatic rings. The fraction of sp³-hybridized carbons (Fsp3) is 0.826. The third kappa shape index (κ3) is 24.0. The molecule has 6 N–H and O–H groups in total. The largest absolute Gasteiger partial charge is 0.393 e. The zero-order chi connectivity index (χ0) is 71.5. The molecule has 0 spiro atoms. The third-order valence-electron chi connectivity index (χ3n) is 19.9. The van der Waals surface area contributed by atoms with Gasteiger partial charge in [0.2, 0.25) is 70.9 Å². The summed E-state index contributed by atoms with van der Waals surface area (Å²) < 4.78 is 6.05. The van der Waals surface area contributed by atoms with Gasteiger partial charge in [0.15, 0.2) is 0 Å². The number of carbonyl (C=O) groups is 12. The Morgan fingerprint density at radius 3 is 1.59 bits per heavy atom. The van der Waals surface area contributed by atoms with Crippen molar-refractivity contribution in [3.63, 3.8) is 0 Å². The van der Waals surface area contributed by atoms with Crippen molar-refractivity contribution in [3.8, 4) is 0 Å². The number of aliphatic hydroxyl groups is 1. The number of hydrogen-bond acceptors (Lipinski definition) is 14. The Hall–Kier alpha value is -6.44. The van der Waals surface area contributed by atoms with Gasteiger partial charge in [-0.1, -0.05) is 80.1 Å². The summed E-state index contributed by atoms with van der Waals surface area (Å²) in [4.78, 5) is 185. The molecule has 2 saturated carbocycles. The molecule has 95 heavy (non-hydrogen) atoms. The van der Waals surface area contributed by atoms with Crippen LogP contribution in [0.4, 0.5) is 0 Å². The minimum atomic E-state index is -1.45. The number of piperidine rings is 1. The van der Waals surface area contributed by atoms with Crippen LogP contribution in [0.15, 0.2) is 0 Å². The predicted molar refractivity (Wildman–Crippen MR) is 360 cm³/mol. The van der Waals surface area contributed by atoms with Crippen molar-refractivity contribution in [2.45, 2.75) is 271 Å². The number of amides is 12. The Labute approximate surface area is 565 Å². The Morgan fingerprint density at radius 1 is 0.537 bits per heavy atom. The molecule has 540 valence electrons. The van der Waals surface area contributed by atoms with E-state index in [1.54, 1.807) is 32.6 Å². The summed E-state index contributed by atoms with van der Waals surface area (Å²) in [5.74, 6) is -8.91. The molecule has 4 fully saturated rings. The van der Waals surface area contributed by atoms with E-state index in [4.69, 9.17) is 4.74 Å². The molecule has 0 aromatic heterocycles.